The van der Waals surface area contributed by atoms with Crippen molar-refractivity contribution in [3.63, 3.8) is 0 Å². The number of halogens is 3. The maximum absolute atomic E-state index is 14.2. The van der Waals surface area contributed by atoms with Gasteiger partial charge in [-0.2, -0.15) is 13.2 Å². The number of carbonyl (C=O) groups excluding carboxylic acids is 1. The zero-order valence-electron chi connectivity index (χ0n) is 19.4. The van der Waals surface area contributed by atoms with Crippen molar-refractivity contribution in [1.82, 2.24) is 5.32 Å². The molecule has 1 saturated heterocycles. The normalized spacial score (nSPS) is 31.0. The van der Waals surface area contributed by atoms with Gasteiger partial charge in [-0.1, -0.05) is 26.8 Å². The molecule has 1 amide bonds. The van der Waals surface area contributed by atoms with Crippen molar-refractivity contribution in [1.29, 1.82) is 0 Å². The number of amides is 1. The van der Waals surface area contributed by atoms with E-state index in [1.54, 1.807) is 6.07 Å². The number of hydrogen-bond donors (Lipinski definition) is 1. The second kappa shape index (κ2) is 8.14. The van der Waals surface area contributed by atoms with Gasteiger partial charge in [-0.15, -0.1) is 0 Å². The van der Waals surface area contributed by atoms with Crippen molar-refractivity contribution >= 4 is 6.09 Å². The molecule has 0 bridgehead atoms. The van der Waals surface area contributed by atoms with Crippen LogP contribution in [-0.4, -0.2) is 24.3 Å². The first-order valence-corrected chi connectivity index (χ1v) is 11.7. The molecule has 0 radical (unpaired) electrons. The number of fused-ring (bicyclic) bond motifs is 1. The molecule has 1 aromatic rings. The highest BCUT2D eigenvalue weighted by Crippen LogP contribution is 2.46. The summed E-state index contributed by atoms with van der Waals surface area (Å²) >= 11 is 0. The fraction of sp³-hybridized carbons (Fsp3) is 0.720. The Balaban J connectivity index is 1.54. The van der Waals surface area contributed by atoms with Gasteiger partial charge in [0.25, 0.3) is 0 Å². The Morgan fingerprint density at radius 2 is 1.78 bits per heavy atom. The molecule has 1 heterocycles. The highest BCUT2D eigenvalue weighted by atomic mass is 19.4. The van der Waals surface area contributed by atoms with Gasteiger partial charge in [0.1, 0.15) is 17.9 Å². The largest absolute Gasteiger partial charge is 0.490 e. The van der Waals surface area contributed by atoms with Crippen LogP contribution in [0.25, 0.3) is 0 Å². The van der Waals surface area contributed by atoms with Gasteiger partial charge < -0.3 is 14.8 Å². The first-order valence-electron chi connectivity index (χ1n) is 11.7. The minimum Gasteiger partial charge on any atom is -0.490 e. The predicted octanol–water partition coefficient (Wildman–Crippen LogP) is 6.29. The molecular weight excluding hydrogens is 419 g/mol. The number of alkyl halides is 3. The molecule has 0 spiro atoms. The van der Waals surface area contributed by atoms with Gasteiger partial charge in [-0.3, -0.25) is 0 Å². The quantitative estimate of drug-likeness (QED) is 0.585. The molecular formula is C25H34F3NO3. The minimum absolute atomic E-state index is 0.0296. The summed E-state index contributed by atoms with van der Waals surface area (Å²) < 4.78 is 53.6. The van der Waals surface area contributed by atoms with Crippen LogP contribution >= 0.6 is 0 Å². The minimum atomic E-state index is -4.47. The molecule has 4 nitrogen and oxygen atoms in total. The summed E-state index contributed by atoms with van der Waals surface area (Å²) in [5.74, 6) is 0.575. The average molecular weight is 454 g/mol. The van der Waals surface area contributed by atoms with Crippen LogP contribution in [0.2, 0.25) is 0 Å². The van der Waals surface area contributed by atoms with Gasteiger partial charge in [-0.25, -0.2) is 4.79 Å². The van der Waals surface area contributed by atoms with Crippen LogP contribution < -0.4 is 10.1 Å². The van der Waals surface area contributed by atoms with Gasteiger partial charge >= 0.3 is 12.3 Å². The van der Waals surface area contributed by atoms with E-state index >= 15 is 0 Å². The van der Waals surface area contributed by atoms with E-state index in [4.69, 9.17) is 9.47 Å². The maximum Gasteiger partial charge on any atom is 0.420 e. The second-order valence-electron chi connectivity index (χ2n) is 11.1. The van der Waals surface area contributed by atoms with E-state index in [0.29, 0.717) is 36.3 Å². The van der Waals surface area contributed by atoms with Crippen LogP contribution in [0, 0.1) is 17.3 Å². The van der Waals surface area contributed by atoms with E-state index in [1.165, 1.54) is 6.07 Å². The molecule has 1 aliphatic heterocycles. The second-order valence-corrected chi connectivity index (χ2v) is 11.1. The maximum atomic E-state index is 14.2. The van der Waals surface area contributed by atoms with E-state index in [1.807, 2.05) is 6.92 Å². The standard InChI is InChI=1S/C25H34F3NO3/c1-23(2,3)16-6-9-18(10-7-16)32-20-12-5-15-13-17(24(4)14-31-22(30)29-24)8-11-19(15)21(20)25(26,27)28/h5,12,16-18H,6-11,13-14H2,1-4H3,(H,29,30). The molecule has 1 saturated carbocycles. The van der Waals surface area contributed by atoms with Gasteiger partial charge in [-0.05, 0) is 86.3 Å². The molecule has 2 aliphatic carbocycles. The number of alkyl carbamates (subject to hydrolysis) is 1. The van der Waals surface area contributed by atoms with Gasteiger partial charge in [0, 0.05) is 0 Å². The van der Waals surface area contributed by atoms with E-state index in [2.05, 4.69) is 26.1 Å². The number of benzene rings is 1. The molecule has 2 atom stereocenters. The molecule has 2 fully saturated rings. The summed E-state index contributed by atoms with van der Waals surface area (Å²) in [5, 5.41) is 2.85. The summed E-state index contributed by atoms with van der Waals surface area (Å²) in [5.41, 5.74) is 0.102. The fourth-order valence-corrected chi connectivity index (χ4v) is 5.75. The Hall–Kier alpha value is -1.92. The number of carbonyl (C=O) groups is 1. The van der Waals surface area contributed by atoms with Crippen molar-refractivity contribution in [2.24, 2.45) is 17.3 Å². The van der Waals surface area contributed by atoms with Crippen LogP contribution in [0.15, 0.2) is 12.1 Å². The molecule has 32 heavy (non-hydrogen) atoms. The van der Waals surface area contributed by atoms with Gasteiger partial charge in [0.05, 0.1) is 11.6 Å². The van der Waals surface area contributed by atoms with E-state index in [9.17, 15) is 18.0 Å². The lowest BCUT2D eigenvalue weighted by Gasteiger charge is -2.38. The topological polar surface area (TPSA) is 47.6 Å². The Bertz CT molecular complexity index is 868. The molecule has 2 unspecified atom stereocenters. The summed E-state index contributed by atoms with van der Waals surface area (Å²) in [6, 6.07) is 3.29. The zero-order chi connectivity index (χ0) is 23.3. The number of rotatable bonds is 3. The lowest BCUT2D eigenvalue weighted by molar-refractivity contribution is -0.140. The van der Waals surface area contributed by atoms with E-state index in [-0.39, 0.29) is 29.8 Å². The molecule has 1 N–H and O–H groups in total. The third kappa shape index (κ3) is 4.58. The van der Waals surface area contributed by atoms with Crippen LogP contribution in [-0.2, 0) is 23.8 Å². The summed E-state index contributed by atoms with van der Waals surface area (Å²) in [6.07, 6.45) is -0.200. The first kappa shape index (κ1) is 23.2. The van der Waals surface area contributed by atoms with Gasteiger partial charge in [0.2, 0.25) is 0 Å². The third-order valence-electron chi connectivity index (χ3n) is 7.85. The monoisotopic (exact) mass is 453 g/mol. The van der Waals surface area contributed by atoms with Crippen LogP contribution in [0.3, 0.4) is 0 Å². The highest BCUT2D eigenvalue weighted by Gasteiger charge is 2.46. The predicted molar refractivity (Wildman–Crippen MR) is 116 cm³/mol. The van der Waals surface area contributed by atoms with Crippen molar-refractivity contribution < 1.29 is 27.4 Å². The van der Waals surface area contributed by atoms with Crippen molar-refractivity contribution in [2.45, 2.75) is 90.5 Å². The third-order valence-corrected chi connectivity index (χ3v) is 7.85. The van der Waals surface area contributed by atoms with Crippen LogP contribution in [0.5, 0.6) is 5.75 Å². The lowest BCUT2D eigenvalue weighted by Crippen LogP contribution is -2.49. The zero-order valence-corrected chi connectivity index (χ0v) is 19.4. The number of hydrogen-bond acceptors (Lipinski definition) is 3. The molecule has 4 rings (SSSR count). The van der Waals surface area contributed by atoms with Crippen molar-refractivity contribution in [3.8, 4) is 5.75 Å². The molecule has 3 aliphatic rings. The Morgan fingerprint density at radius 1 is 1.09 bits per heavy atom. The Morgan fingerprint density at radius 3 is 2.34 bits per heavy atom. The van der Waals surface area contributed by atoms with E-state index < -0.39 is 23.4 Å². The summed E-state index contributed by atoms with van der Waals surface area (Å²) in [7, 11) is 0. The highest BCUT2D eigenvalue weighted by molar-refractivity contribution is 5.70. The number of ether oxygens (including phenoxy) is 2. The first-order chi connectivity index (χ1) is 14.9. The SMILES string of the molecule is CC(C)(C)C1CCC(Oc2ccc3c(c2C(F)(F)F)CCC(C2(C)COC(=O)N2)C3)CC1. The molecule has 178 valence electrons. The van der Waals surface area contributed by atoms with Crippen LogP contribution in [0.4, 0.5) is 18.0 Å². The lowest BCUT2D eigenvalue weighted by atomic mass is 9.72. The number of cyclic esters (lactones) is 1. The van der Waals surface area contributed by atoms with Gasteiger partial charge in [0.15, 0.2) is 0 Å². The molecule has 0 aromatic heterocycles. The summed E-state index contributed by atoms with van der Waals surface area (Å²) in [6.45, 7) is 8.82. The summed E-state index contributed by atoms with van der Waals surface area (Å²) in [4.78, 5) is 11.5. The Kier molecular flexibility index (Phi) is 5.91. The van der Waals surface area contributed by atoms with Crippen molar-refractivity contribution in [3.05, 3.63) is 28.8 Å². The van der Waals surface area contributed by atoms with Crippen molar-refractivity contribution in [2.75, 3.05) is 6.61 Å². The molecule has 7 heteroatoms. The number of nitrogens with one attached hydrogen (secondary N) is 1. The molecule has 1 aromatic carbocycles. The van der Waals surface area contributed by atoms with E-state index in [0.717, 1.165) is 25.7 Å². The average Bonchev–Trinajstić information content (AvgIpc) is 3.06. The Labute approximate surface area is 188 Å². The van der Waals surface area contributed by atoms with Crippen LogP contribution in [0.1, 0.15) is 76.5 Å². The fourth-order valence-electron chi connectivity index (χ4n) is 5.75. The smallest absolute Gasteiger partial charge is 0.420 e.